The third-order valence-electron chi connectivity index (χ3n) is 3.16. The van der Waals surface area contributed by atoms with Gasteiger partial charge in [0, 0.05) is 12.1 Å². The average Bonchev–Trinajstić information content (AvgIpc) is 3.04. The summed E-state index contributed by atoms with van der Waals surface area (Å²) in [6, 6.07) is 5.01. The predicted octanol–water partition coefficient (Wildman–Crippen LogP) is 1.71. The molecule has 16 heavy (non-hydrogen) atoms. The van der Waals surface area contributed by atoms with Crippen molar-refractivity contribution in [1.29, 1.82) is 0 Å². The van der Waals surface area contributed by atoms with E-state index in [1.807, 2.05) is 0 Å². The second-order valence-corrected chi connectivity index (χ2v) is 4.22. The smallest absolute Gasteiger partial charge is 0.275 e. The normalized spacial score (nSPS) is 18.8. The molecule has 0 bridgehead atoms. The molecule has 1 aliphatic carbocycles. The molecule has 1 aromatic rings. The number of nitrogens with zero attached hydrogens (tertiary/aromatic N) is 2. The van der Waals surface area contributed by atoms with Gasteiger partial charge in [0.05, 0.1) is 22.6 Å². The lowest BCUT2D eigenvalue weighted by molar-refractivity contribution is -0.385. The van der Waals surface area contributed by atoms with E-state index in [0.717, 1.165) is 12.8 Å². The largest absolute Gasteiger partial charge is 0.331 e. The van der Waals surface area contributed by atoms with Gasteiger partial charge in [0.2, 0.25) is 0 Å². The highest BCUT2D eigenvalue weighted by Gasteiger charge is 2.40. The van der Waals surface area contributed by atoms with E-state index in [-0.39, 0.29) is 11.6 Å². The Morgan fingerprint density at radius 2 is 2.12 bits per heavy atom. The molecule has 1 heterocycles. The number of fused-ring (bicyclic) bond motifs is 1. The van der Waals surface area contributed by atoms with Crippen LogP contribution >= 0.6 is 0 Å². The van der Waals surface area contributed by atoms with Crippen LogP contribution in [0.3, 0.4) is 0 Å². The molecule has 1 aliphatic heterocycles. The van der Waals surface area contributed by atoms with Crippen LogP contribution in [0.4, 0.5) is 5.69 Å². The Bertz CT molecular complexity index is 494. The summed E-state index contributed by atoms with van der Waals surface area (Å²) in [5.41, 5.74) is 1.14. The Hall–Kier alpha value is -1.91. The molecule has 1 aromatic carbocycles. The summed E-state index contributed by atoms with van der Waals surface area (Å²) >= 11 is 0. The van der Waals surface area contributed by atoms with Gasteiger partial charge in [0.25, 0.3) is 11.6 Å². The highest BCUT2D eigenvalue weighted by Crippen LogP contribution is 2.37. The second kappa shape index (κ2) is 3.04. The van der Waals surface area contributed by atoms with Crippen molar-refractivity contribution < 1.29 is 9.72 Å². The van der Waals surface area contributed by atoms with Crippen molar-refractivity contribution in [3.05, 3.63) is 39.4 Å². The quantitative estimate of drug-likeness (QED) is 0.560. The fourth-order valence-corrected chi connectivity index (χ4v) is 2.19. The van der Waals surface area contributed by atoms with Crippen LogP contribution in [-0.2, 0) is 6.54 Å². The Morgan fingerprint density at radius 1 is 1.38 bits per heavy atom. The number of rotatable bonds is 2. The molecule has 1 saturated carbocycles. The lowest BCUT2D eigenvalue weighted by Crippen LogP contribution is -2.25. The van der Waals surface area contributed by atoms with E-state index in [1.54, 1.807) is 17.0 Å². The number of amides is 1. The molecular weight excluding hydrogens is 208 g/mol. The Morgan fingerprint density at radius 3 is 2.75 bits per heavy atom. The molecule has 5 nitrogen and oxygen atoms in total. The Balaban J connectivity index is 2.07. The molecule has 2 aliphatic rings. The molecule has 0 atom stereocenters. The number of nitro groups is 1. The summed E-state index contributed by atoms with van der Waals surface area (Å²) in [6.07, 6.45) is 2.04. The summed E-state index contributed by atoms with van der Waals surface area (Å²) in [5, 5.41) is 10.8. The third-order valence-corrected chi connectivity index (χ3v) is 3.16. The second-order valence-electron chi connectivity index (χ2n) is 4.22. The zero-order valence-electron chi connectivity index (χ0n) is 8.55. The van der Waals surface area contributed by atoms with E-state index in [1.165, 1.54) is 6.07 Å². The number of hydrogen-bond acceptors (Lipinski definition) is 3. The van der Waals surface area contributed by atoms with Crippen molar-refractivity contribution in [2.24, 2.45) is 0 Å². The predicted molar refractivity (Wildman–Crippen MR) is 56.0 cm³/mol. The van der Waals surface area contributed by atoms with Gasteiger partial charge >= 0.3 is 0 Å². The molecule has 5 heteroatoms. The van der Waals surface area contributed by atoms with E-state index < -0.39 is 4.92 Å². The van der Waals surface area contributed by atoms with Crippen molar-refractivity contribution in [3.8, 4) is 0 Å². The van der Waals surface area contributed by atoms with Crippen molar-refractivity contribution in [2.75, 3.05) is 0 Å². The fourth-order valence-electron chi connectivity index (χ4n) is 2.19. The van der Waals surface area contributed by atoms with Crippen LogP contribution in [0.15, 0.2) is 18.2 Å². The lowest BCUT2D eigenvalue weighted by atomic mass is 10.1. The monoisotopic (exact) mass is 218 g/mol. The van der Waals surface area contributed by atoms with Gasteiger partial charge in [-0.15, -0.1) is 0 Å². The number of carbonyl (C=O) groups is 1. The van der Waals surface area contributed by atoms with Gasteiger partial charge in [-0.1, -0.05) is 6.07 Å². The summed E-state index contributed by atoms with van der Waals surface area (Å²) in [7, 11) is 0. The van der Waals surface area contributed by atoms with Crippen LogP contribution in [0, 0.1) is 10.1 Å². The summed E-state index contributed by atoms with van der Waals surface area (Å²) in [4.78, 5) is 24.1. The van der Waals surface area contributed by atoms with Crippen molar-refractivity contribution >= 4 is 11.6 Å². The van der Waals surface area contributed by atoms with Crippen molar-refractivity contribution in [3.63, 3.8) is 0 Å². The molecule has 0 spiro atoms. The third kappa shape index (κ3) is 1.21. The number of carbonyl (C=O) groups excluding carboxylic acids is 1. The van der Waals surface area contributed by atoms with E-state index in [0.29, 0.717) is 23.7 Å². The lowest BCUT2D eigenvalue weighted by Gasteiger charge is -2.13. The summed E-state index contributed by atoms with van der Waals surface area (Å²) in [6.45, 7) is 0.399. The first-order valence-corrected chi connectivity index (χ1v) is 5.25. The van der Waals surface area contributed by atoms with Crippen molar-refractivity contribution in [2.45, 2.75) is 25.4 Å². The standard InChI is InChI=1S/C11H10N2O3/c14-11-8-2-1-3-10(13(15)16)9(8)6-12(11)7-4-5-7/h1-3,7H,4-6H2. The first-order valence-electron chi connectivity index (χ1n) is 5.25. The van der Waals surface area contributed by atoms with Crippen molar-refractivity contribution in [1.82, 2.24) is 4.90 Å². The van der Waals surface area contributed by atoms with Crippen LogP contribution in [0.2, 0.25) is 0 Å². The maximum absolute atomic E-state index is 12.0. The van der Waals surface area contributed by atoms with E-state index in [4.69, 9.17) is 0 Å². The Kier molecular flexibility index (Phi) is 1.77. The van der Waals surface area contributed by atoms with E-state index in [9.17, 15) is 14.9 Å². The zero-order valence-corrected chi connectivity index (χ0v) is 8.55. The highest BCUT2D eigenvalue weighted by molar-refractivity contribution is 5.99. The Labute approximate surface area is 91.8 Å². The first-order chi connectivity index (χ1) is 7.68. The molecule has 0 aromatic heterocycles. The number of hydrogen-bond donors (Lipinski definition) is 0. The van der Waals surface area contributed by atoms with Gasteiger partial charge in [-0.2, -0.15) is 0 Å². The maximum atomic E-state index is 12.0. The van der Waals surface area contributed by atoms with Gasteiger partial charge in [0.1, 0.15) is 0 Å². The molecule has 82 valence electrons. The SMILES string of the molecule is O=C1c2cccc([N+](=O)[O-])c2CN1C1CC1. The number of nitro benzene ring substituents is 1. The number of benzene rings is 1. The fraction of sp³-hybridized carbons (Fsp3) is 0.364. The zero-order chi connectivity index (χ0) is 11.3. The maximum Gasteiger partial charge on any atom is 0.275 e. The minimum Gasteiger partial charge on any atom is -0.331 e. The van der Waals surface area contributed by atoms with E-state index >= 15 is 0 Å². The molecule has 0 radical (unpaired) electrons. The summed E-state index contributed by atoms with van der Waals surface area (Å²) < 4.78 is 0. The minimum absolute atomic E-state index is 0.0544. The van der Waals surface area contributed by atoms with Gasteiger partial charge in [-0.25, -0.2) is 0 Å². The molecule has 0 N–H and O–H groups in total. The van der Waals surface area contributed by atoms with Gasteiger partial charge in [-0.3, -0.25) is 14.9 Å². The summed E-state index contributed by atoms with van der Waals surface area (Å²) in [5.74, 6) is -0.0544. The molecule has 0 saturated heterocycles. The first kappa shape index (κ1) is 9.33. The molecule has 3 rings (SSSR count). The average molecular weight is 218 g/mol. The highest BCUT2D eigenvalue weighted by atomic mass is 16.6. The van der Waals surface area contributed by atoms with Crippen LogP contribution in [0.25, 0.3) is 0 Å². The van der Waals surface area contributed by atoms with Crippen LogP contribution in [0.1, 0.15) is 28.8 Å². The van der Waals surface area contributed by atoms with Gasteiger partial charge in [-0.05, 0) is 18.9 Å². The van der Waals surface area contributed by atoms with Crippen LogP contribution in [-0.4, -0.2) is 21.8 Å². The van der Waals surface area contributed by atoms with Crippen LogP contribution in [0.5, 0.6) is 0 Å². The molecule has 0 unspecified atom stereocenters. The van der Waals surface area contributed by atoms with E-state index in [2.05, 4.69) is 0 Å². The van der Waals surface area contributed by atoms with Gasteiger partial charge < -0.3 is 4.90 Å². The molecule has 1 fully saturated rings. The molecule has 1 amide bonds. The minimum atomic E-state index is -0.414. The topological polar surface area (TPSA) is 63.4 Å². The molecular formula is C11H10N2O3. The van der Waals surface area contributed by atoms with Gasteiger partial charge in [0.15, 0.2) is 0 Å². The van der Waals surface area contributed by atoms with Crippen LogP contribution < -0.4 is 0 Å².